The minimum atomic E-state index is -3.66. The number of carbonyl (C=O) groups excluding carboxylic acids is 1. The van der Waals surface area contributed by atoms with Crippen molar-refractivity contribution in [2.45, 2.75) is 25.0 Å². The number of ketones is 1. The third kappa shape index (κ3) is 4.66. The maximum absolute atomic E-state index is 14.6. The van der Waals surface area contributed by atoms with Crippen LogP contribution in [0.2, 0.25) is 0 Å². The molecule has 1 aliphatic rings. The van der Waals surface area contributed by atoms with E-state index >= 15 is 0 Å². The molecule has 6 rings (SSSR count). The molecule has 1 fully saturated rings. The standard InChI is InChI=1S/C28H23F2N5O4S/c1-15-10-17(39-26-5-3-2-4-20(26)29)6-9-25(15)35-28(31)19(14-32-35)27(36)24-12-16-11-21(30)23(13-22(16)33-24)34-40(37,38)18-7-8-18/h2-6,9-14,18,33-34H,7-8,31H2,1H3. The Kier molecular flexibility index (Phi) is 6.06. The smallest absolute Gasteiger partial charge is 0.235 e. The first-order valence-electron chi connectivity index (χ1n) is 12.4. The second kappa shape index (κ2) is 9.49. The molecule has 204 valence electrons. The number of aromatic amines is 1. The van der Waals surface area contributed by atoms with Crippen LogP contribution in [0.25, 0.3) is 16.6 Å². The number of nitrogens with two attached hydrogens (primary N) is 1. The van der Waals surface area contributed by atoms with Crippen molar-refractivity contribution >= 4 is 38.2 Å². The van der Waals surface area contributed by atoms with Crippen LogP contribution in [-0.2, 0) is 10.0 Å². The number of nitrogen functional groups attached to an aromatic ring is 1. The van der Waals surface area contributed by atoms with Crippen LogP contribution in [0.4, 0.5) is 20.3 Å². The molecule has 0 amide bonds. The van der Waals surface area contributed by atoms with Crippen LogP contribution in [-0.4, -0.2) is 34.2 Å². The Bertz CT molecular complexity index is 1910. The van der Waals surface area contributed by atoms with Crippen LogP contribution < -0.4 is 15.2 Å². The number of aromatic nitrogens is 3. The van der Waals surface area contributed by atoms with Crippen molar-refractivity contribution in [1.82, 2.24) is 14.8 Å². The second-order valence-corrected chi connectivity index (χ2v) is 11.6. The summed E-state index contributed by atoms with van der Waals surface area (Å²) in [5.41, 5.74) is 8.06. The van der Waals surface area contributed by atoms with Gasteiger partial charge in [0, 0.05) is 10.9 Å². The van der Waals surface area contributed by atoms with Crippen LogP contribution in [0.3, 0.4) is 0 Å². The molecule has 40 heavy (non-hydrogen) atoms. The Labute approximate surface area is 227 Å². The summed E-state index contributed by atoms with van der Waals surface area (Å²) in [6.07, 6.45) is 2.42. The number of halogens is 2. The Balaban J connectivity index is 1.26. The summed E-state index contributed by atoms with van der Waals surface area (Å²) in [6.45, 7) is 1.80. The van der Waals surface area contributed by atoms with Gasteiger partial charge < -0.3 is 15.5 Å². The summed E-state index contributed by atoms with van der Waals surface area (Å²) in [4.78, 5) is 16.3. The van der Waals surface area contributed by atoms with Gasteiger partial charge in [0.05, 0.1) is 34.1 Å². The highest BCUT2D eigenvalue weighted by molar-refractivity contribution is 7.93. The van der Waals surface area contributed by atoms with Gasteiger partial charge in [0.1, 0.15) is 17.4 Å². The van der Waals surface area contributed by atoms with E-state index in [0.717, 1.165) is 6.07 Å². The predicted octanol–water partition coefficient (Wildman–Crippen LogP) is 5.45. The largest absolute Gasteiger partial charge is 0.454 e. The lowest BCUT2D eigenvalue weighted by atomic mass is 10.1. The van der Waals surface area contributed by atoms with Gasteiger partial charge in [-0.25, -0.2) is 21.9 Å². The Morgan fingerprint density at radius 2 is 1.88 bits per heavy atom. The topological polar surface area (TPSA) is 132 Å². The Morgan fingerprint density at radius 3 is 2.60 bits per heavy atom. The molecule has 4 N–H and O–H groups in total. The zero-order valence-corrected chi connectivity index (χ0v) is 21.9. The summed E-state index contributed by atoms with van der Waals surface area (Å²) < 4.78 is 62.5. The maximum Gasteiger partial charge on any atom is 0.235 e. The fourth-order valence-corrected chi connectivity index (χ4v) is 5.81. The van der Waals surface area contributed by atoms with Gasteiger partial charge in [0.25, 0.3) is 0 Å². The first-order chi connectivity index (χ1) is 19.1. The first-order valence-corrected chi connectivity index (χ1v) is 13.9. The van der Waals surface area contributed by atoms with E-state index in [1.54, 1.807) is 37.3 Å². The molecule has 0 aliphatic heterocycles. The number of sulfonamides is 1. The number of hydrogen-bond acceptors (Lipinski definition) is 6. The average molecular weight is 564 g/mol. The normalized spacial score (nSPS) is 13.5. The lowest BCUT2D eigenvalue weighted by Crippen LogP contribution is -2.18. The van der Waals surface area contributed by atoms with E-state index in [0.29, 0.717) is 40.7 Å². The number of nitrogens with zero attached hydrogens (tertiary/aromatic N) is 2. The highest BCUT2D eigenvalue weighted by Crippen LogP contribution is 2.33. The molecular formula is C28H23F2N5O4S. The van der Waals surface area contributed by atoms with Gasteiger partial charge in [-0.2, -0.15) is 5.10 Å². The molecular weight excluding hydrogens is 540 g/mol. The number of benzene rings is 3. The number of para-hydroxylation sites is 1. The van der Waals surface area contributed by atoms with Crippen molar-refractivity contribution < 1.29 is 26.7 Å². The van der Waals surface area contributed by atoms with Crippen LogP contribution in [0.5, 0.6) is 11.5 Å². The molecule has 9 nitrogen and oxygen atoms in total. The van der Waals surface area contributed by atoms with E-state index in [2.05, 4.69) is 14.8 Å². The molecule has 12 heteroatoms. The molecule has 1 saturated carbocycles. The van der Waals surface area contributed by atoms with Gasteiger partial charge in [0.15, 0.2) is 11.6 Å². The lowest BCUT2D eigenvalue weighted by Gasteiger charge is -2.12. The van der Waals surface area contributed by atoms with Gasteiger partial charge in [-0.3, -0.25) is 9.52 Å². The lowest BCUT2D eigenvalue weighted by molar-refractivity contribution is 0.103. The van der Waals surface area contributed by atoms with Crippen molar-refractivity contribution in [3.05, 3.63) is 95.3 Å². The van der Waals surface area contributed by atoms with Crippen molar-refractivity contribution in [2.24, 2.45) is 0 Å². The SMILES string of the molecule is Cc1cc(Oc2ccccc2F)ccc1-n1ncc(C(=O)c2cc3cc(F)c(NS(=O)(=O)C4CC4)cc3[nH]2)c1N. The van der Waals surface area contributed by atoms with E-state index in [1.807, 2.05) is 0 Å². The molecule has 0 spiro atoms. The zero-order valence-electron chi connectivity index (χ0n) is 21.1. The Hall–Kier alpha value is -4.71. The number of H-pyrrole nitrogens is 1. The number of carbonyl (C=O) groups is 1. The molecule has 0 atom stereocenters. The number of fused-ring (bicyclic) bond motifs is 1. The summed E-state index contributed by atoms with van der Waals surface area (Å²) in [5.74, 6) is -1.13. The molecule has 0 radical (unpaired) electrons. The summed E-state index contributed by atoms with van der Waals surface area (Å²) >= 11 is 0. The molecule has 3 aromatic carbocycles. The van der Waals surface area contributed by atoms with Crippen LogP contribution >= 0.6 is 0 Å². The van der Waals surface area contributed by atoms with E-state index in [9.17, 15) is 22.0 Å². The number of rotatable bonds is 8. The zero-order chi connectivity index (χ0) is 28.2. The number of ether oxygens (including phenoxy) is 1. The minimum Gasteiger partial charge on any atom is -0.454 e. The second-order valence-electron chi connectivity index (χ2n) is 9.61. The first kappa shape index (κ1) is 25.6. The van der Waals surface area contributed by atoms with E-state index < -0.39 is 32.7 Å². The van der Waals surface area contributed by atoms with Gasteiger partial charge >= 0.3 is 0 Å². The monoisotopic (exact) mass is 563 g/mol. The summed E-state index contributed by atoms with van der Waals surface area (Å²) in [5, 5.41) is 4.16. The molecule has 2 heterocycles. The van der Waals surface area contributed by atoms with Gasteiger partial charge in [-0.15, -0.1) is 0 Å². The highest BCUT2D eigenvalue weighted by atomic mass is 32.2. The molecule has 2 aromatic heterocycles. The molecule has 1 aliphatic carbocycles. The third-order valence-electron chi connectivity index (χ3n) is 6.68. The van der Waals surface area contributed by atoms with Gasteiger partial charge in [-0.05, 0) is 73.9 Å². The number of anilines is 2. The molecule has 0 unspecified atom stereocenters. The minimum absolute atomic E-state index is 0.0820. The Morgan fingerprint density at radius 1 is 1.10 bits per heavy atom. The summed E-state index contributed by atoms with van der Waals surface area (Å²) in [6, 6.07) is 15.0. The van der Waals surface area contributed by atoms with Gasteiger partial charge in [0.2, 0.25) is 15.8 Å². The third-order valence-corrected chi connectivity index (χ3v) is 8.53. The average Bonchev–Trinajstić information content (AvgIpc) is 3.61. The van der Waals surface area contributed by atoms with Crippen LogP contribution in [0.15, 0.2) is 66.9 Å². The van der Waals surface area contributed by atoms with Crippen molar-refractivity contribution in [1.29, 1.82) is 0 Å². The fraction of sp³-hybridized carbons (Fsp3) is 0.143. The molecule has 0 saturated heterocycles. The molecule has 5 aromatic rings. The summed E-state index contributed by atoms with van der Waals surface area (Å²) in [7, 11) is -3.66. The van der Waals surface area contributed by atoms with E-state index in [4.69, 9.17) is 10.5 Å². The van der Waals surface area contributed by atoms with Crippen molar-refractivity contribution in [3.8, 4) is 17.2 Å². The van der Waals surface area contributed by atoms with Crippen molar-refractivity contribution in [2.75, 3.05) is 10.5 Å². The number of hydrogen-bond donors (Lipinski definition) is 3. The van der Waals surface area contributed by atoms with E-state index in [-0.39, 0.29) is 28.5 Å². The number of nitrogens with one attached hydrogen (secondary N) is 2. The molecule has 0 bridgehead atoms. The van der Waals surface area contributed by atoms with E-state index in [1.165, 1.54) is 35.1 Å². The highest BCUT2D eigenvalue weighted by Gasteiger charge is 2.36. The predicted molar refractivity (Wildman–Crippen MR) is 146 cm³/mol. The quantitative estimate of drug-likeness (QED) is 0.215. The number of aryl methyl sites for hydroxylation is 1. The van der Waals surface area contributed by atoms with Crippen molar-refractivity contribution in [3.63, 3.8) is 0 Å². The van der Waals surface area contributed by atoms with Gasteiger partial charge in [-0.1, -0.05) is 12.1 Å². The van der Waals surface area contributed by atoms with Crippen LogP contribution in [0, 0.1) is 18.6 Å². The van der Waals surface area contributed by atoms with Crippen LogP contribution in [0.1, 0.15) is 34.5 Å². The maximum atomic E-state index is 14.6. The fourth-order valence-electron chi connectivity index (χ4n) is 4.42.